The fourth-order valence-electron chi connectivity index (χ4n) is 1.94. The number of sulfonamides is 1. The summed E-state index contributed by atoms with van der Waals surface area (Å²) in [6.45, 7) is 1.82. The predicted octanol–water partition coefficient (Wildman–Crippen LogP) is 0.798. The molecule has 21 heavy (non-hydrogen) atoms. The molecular formula is C13H18N4O3S. The number of nitrogens with two attached hydrogens (primary N) is 1. The number of hydrogen-bond acceptors (Lipinski definition) is 5. The van der Waals surface area contributed by atoms with Gasteiger partial charge < -0.3 is 10.5 Å². The van der Waals surface area contributed by atoms with Crippen molar-refractivity contribution in [2.45, 2.75) is 18.4 Å². The maximum absolute atomic E-state index is 12.3. The van der Waals surface area contributed by atoms with E-state index in [1.54, 1.807) is 45.3 Å². The average Bonchev–Trinajstić information content (AvgIpc) is 2.71. The molecule has 0 amide bonds. The highest BCUT2D eigenvalue weighted by Crippen LogP contribution is 2.21. The molecule has 114 valence electrons. The van der Waals surface area contributed by atoms with Crippen LogP contribution in [-0.2, 0) is 23.6 Å². The molecule has 0 bridgehead atoms. The number of ether oxygens (including phenoxy) is 1. The largest absolute Gasteiger partial charge is 0.497 e. The molecule has 1 aromatic carbocycles. The number of aromatic nitrogens is 2. The maximum atomic E-state index is 12.3. The van der Waals surface area contributed by atoms with Crippen molar-refractivity contribution in [2.75, 3.05) is 12.8 Å². The third-order valence-corrected chi connectivity index (χ3v) is 4.76. The highest BCUT2D eigenvalue weighted by atomic mass is 32.2. The van der Waals surface area contributed by atoms with Gasteiger partial charge in [0.15, 0.2) is 5.82 Å². The van der Waals surface area contributed by atoms with E-state index in [1.807, 2.05) is 0 Å². The summed E-state index contributed by atoms with van der Waals surface area (Å²) < 4.78 is 33.6. The van der Waals surface area contributed by atoms with E-state index in [-0.39, 0.29) is 17.3 Å². The van der Waals surface area contributed by atoms with E-state index in [0.717, 1.165) is 5.56 Å². The van der Waals surface area contributed by atoms with Gasteiger partial charge in [0.1, 0.15) is 10.6 Å². The number of benzene rings is 1. The summed E-state index contributed by atoms with van der Waals surface area (Å²) in [5.74, 6) is 0.714. The summed E-state index contributed by atoms with van der Waals surface area (Å²) in [5, 5.41) is 3.91. The average molecular weight is 310 g/mol. The van der Waals surface area contributed by atoms with Crippen molar-refractivity contribution >= 4 is 15.8 Å². The van der Waals surface area contributed by atoms with Crippen LogP contribution in [0.4, 0.5) is 5.82 Å². The zero-order valence-electron chi connectivity index (χ0n) is 12.1. The Bertz CT molecular complexity index is 736. The number of hydrogen-bond donors (Lipinski definition) is 2. The number of anilines is 1. The van der Waals surface area contributed by atoms with Crippen LogP contribution in [0.1, 0.15) is 11.3 Å². The van der Waals surface area contributed by atoms with Gasteiger partial charge in [-0.15, -0.1) is 0 Å². The molecule has 7 nitrogen and oxygen atoms in total. The number of aryl methyl sites for hydroxylation is 1. The summed E-state index contributed by atoms with van der Waals surface area (Å²) in [6, 6.07) is 7.13. The molecule has 0 aliphatic rings. The molecule has 8 heteroatoms. The molecule has 2 rings (SSSR count). The van der Waals surface area contributed by atoms with Gasteiger partial charge in [-0.3, -0.25) is 4.68 Å². The van der Waals surface area contributed by atoms with Crippen LogP contribution in [0, 0.1) is 6.92 Å². The Morgan fingerprint density at radius 1 is 1.33 bits per heavy atom. The molecule has 1 aromatic heterocycles. The van der Waals surface area contributed by atoms with Crippen molar-refractivity contribution in [1.82, 2.24) is 14.5 Å². The van der Waals surface area contributed by atoms with E-state index >= 15 is 0 Å². The minimum absolute atomic E-state index is 0.00256. The molecule has 0 fully saturated rings. The third-order valence-electron chi connectivity index (χ3n) is 3.20. The Balaban J connectivity index is 2.17. The molecule has 0 aliphatic carbocycles. The van der Waals surface area contributed by atoms with E-state index in [1.165, 1.54) is 4.68 Å². The molecule has 2 aromatic rings. The molecule has 0 saturated heterocycles. The second-order valence-corrected chi connectivity index (χ2v) is 6.30. The molecule has 0 radical (unpaired) electrons. The van der Waals surface area contributed by atoms with Crippen LogP contribution < -0.4 is 15.2 Å². The predicted molar refractivity (Wildman–Crippen MR) is 79.4 cm³/mol. The minimum Gasteiger partial charge on any atom is -0.497 e. The lowest BCUT2D eigenvalue weighted by Crippen LogP contribution is -2.24. The van der Waals surface area contributed by atoms with Crippen molar-refractivity contribution in [3.63, 3.8) is 0 Å². The van der Waals surface area contributed by atoms with Gasteiger partial charge in [0.25, 0.3) is 0 Å². The fraction of sp³-hybridized carbons (Fsp3) is 0.308. The van der Waals surface area contributed by atoms with Crippen LogP contribution in [0.5, 0.6) is 5.75 Å². The lowest BCUT2D eigenvalue weighted by Gasteiger charge is -2.07. The molecule has 0 spiro atoms. The van der Waals surface area contributed by atoms with Crippen molar-refractivity contribution in [3.8, 4) is 5.75 Å². The van der Waals surface area contributed by atoms with E-state index in [9.17, 15) is 8.42 Å². The van der Waals surface area contributed by atoms with Crippen LogP contribution in [0.2, 0.25) is 0 Å². The minimum atomic E-state index is -3.70. The lowest BCUT2D eigenvalue weighted by atomic mass is 10.2. The van der Waals surface area contributed by atoms with E-state index < -0.39 is 10.0 Å². The van der Waals surface area contributed by atoms with Crippen LogP contribution in [0.25, 0.3) is 0 Å². The highest BCUT2D eigenvalue weighted by molar-refractivity contribution is 7.89. The van der Waals surface area contributed by atoms with Gasteiger partial charge in [0, 0.05) is 13.6 Å². The Kier molecular flexibility index (Phi) is 4.19. The SMILES string of the molecule is COc1ccc(CNS(=O)(=O)c2c(N)nn(C)c2C)cc1. The fourth-order valence-corrected chi connectivity index (χ4v) is 3.28. The van der Waals surface area contributed by atoms with Gasteiger partial charge in [0.05, 0.1) is 12.8 Å². The van der Waals surface area contributed by atoms with E-state index in [4.69, 9.17) is 10.5 Å². The van der Waals surface area contributed by atoms with Crippen molar-refractivity contribution in [1.29, 1.82) is 0 Å². The first-order valence-corrected chi connectivity index (χ1v) is 7.75. The van der Waals surface area contributed by atoms with Crippen molar-refractivity contribution in [2.24, 2.45) is 7.05 Å². The molecule has 0 saturated carbocycles. The van der Waals surface area contributed by atoms with Crippen LogP contribution >= 0.6 is 0 Å². The van der Waals surface area contributed by atoms with Gasteiger partial charge in [-0.25, -0.2) is 13.1 Å². The quantitative estimate of drug-likeness (QED) is 0.851. The van der Waals surface area contributed by atoms with Gasteiger partial charge in [-0.2, -0.15) is 5.10 Å². The molecule has 0 aliphatic heterocycles. The topological polar surface area (TPSA) is 99.2 Å². The van der Waals surface area contributed by atoms with Crippen LogP contribution in [0.3, 0.4) is 0 Å². The number of nitrogens with one attached hydrogen (secondary N) is 1. The molecular weight excluding hydrogens is 292 g/mol. The number of nitrogen functional groups attached to an aromatic ring is 1. The lowest BCUT2D eigenvalue weighted by molar-refractivity contribution is 0.414. The first kappa shape index (κ1) is 15.3. The Morgan fingerprint density at radius 2 is 1.95 bits per heavy atom. The number of methoxy groups -OCH3 is 1. The van der Waals surface area contributed by atoms with E-state index in [2.05, 4.69) is 9.82 Å². The maximum Gasteiger partial charge on any atom is 0.246 e. The summed E-state index contributed by atoms with van der Waals surface area (Å²) >= 11 is 0. The summed E-state index contributed by atoms with van der Waals surface area (Å²) in [4.78, 5) is 0.0264. The molecule has 1 heterocycles. The molecule has 0 atom stereocenters. The monoisotopic (exact) mass is 310 g/mol. The second-order valence-electron chi connectivity index (χ2n) is 4.60. The first-order chi connectivity index (χ1) is 9.85. The smallest absolute Gasteiger partial charge is 0.246 e. The standard InChI is InChI=1S/C13H18N4O3S/c1-9-12(13(14)16-17(9)2)21(18,19)15-8-10-4-6-11(20-3)7-5-10/h4-7,15H,8H2,1-3H3,(H2,14,16). The van der Waals surface area contributed by atoms with E-state index in [0.29, 0.717) is 11.4 Å². The zero-order chi connectivity index (χ0) is 15.6. The van der Waals surface area contributed by atoms with Gasteiger partial charge in [0.2, 0.25) is 10.0 Å². The van der Waals surface area contributed by atoms with Crippen LogP contribution in [-0.4, -0.2) is 25.3 Å². The van der Waals surface area contributed by atoms with Crippen molar-refractivity contribution < 1.29 is 13.2 Å². The summed E-state index contributed by atoms with van der Waals surface area (Å²) in [7, 11) is -0.482. The summed E-state index contributed by atoms with van der Waals surface area (Å²) in [6.07, 6.45) is 0. The number of rotatable bonds is 5. The number of nitrogens with zero attached hydrogens (tertiary/aromatic N) is 2. The summed E-state index contributed by atoms with van der Waals surface area (Å²) in [5.41, 5.74) is 6.98. The third kappa shape index (κ3) is 3.17. The zero-order valence-corrected chi connectivity index (χ0v) is 12.9. The first-order valence-electron chi connectivity index (χ1n) is 6.27. The van der Waals surface area contributed by atoms with Gasteiger partial charge in [-0.1, -0.05) is 12.1 Å². The normalized spacial score (nSPS) is 11.6. The van der Waals surface area contributed by atoms with Gasteiger partial charge >= 0.3 is 0 Å². The van der Waals surface area contributed by atoms with Gasteiger partial charge in [-0.05, 0) is 24.6 Å². The Morgan fingerprint density at radius 3 is 2.43 bits per heavy atom. The highest BCUT2D eigenvalue weighted by Gasteiger charge is 2.24. The Hall–Kier alpha value is -2.06. The second kappa shape index (κ2) is 5.74. The Labute approximate surface area is 123 Å². The molecule has 3 N–H and O–H groups in total. The van der Waals surface area contributed by atoms with Crippen LogP contribution in [0.15, 0.2) is 29.2 Å². The van der Waals surface area contributed by atoms with Crippen molar-refractivity contribution in [3.05, 3.63) is 35.5 Å². The molecule has 0 unspecified atom stereocenters.